The van der Waals surface area contributed by atoms with Crippen molar-refractivity contribution in [2.24, 2.45) is 5.92 Å². The maximum absolute atomic E-state index is 12.9. The molecule has 3 aromatic rings. The second-order valence-electron chi connectivity index (χ2n) is 8.18. The molecule has 1 amide bonds. The van der Waals surface area contributed by atoms with Crippen molar-refractivity contribution in [3.05, 3.63) is 66.1 Å². The van der Waals surface area contributed by atoms with Crippen molar-refractivity contribution >= 4 is 26.6 Å². The first kappa shape index (κ1) is 19.3. The van der Waals surface area contributed by atoms with Crippen molar-refractivity contribution in [3.8, 4) is 0 Å². The summed E-state index contributed by atoms with van der Waals surface area (Å²) in [7, 11) is -3.26. The third kappa shape index (κ3) is 3.11. The van der Waals surface area contributed by atoms with E-state index in [-0.39, 0.29) is 30.7 Å². The van der Waals surface area contributed by atoms with Crippen LogP contribution in [0.15, 0.2) is 54.9 Å². The third-order valence-electron chi connectivity index (χ3n) is 6.37. The van der Waals surface area contributed by atoms with E-state index in [4.69, 9.17) is 4.74 Å². The van der Waals surface area contributed by atoms with Gasteiger partial charge in [0.25, 0.3) is 5.91 Å². The number of ether oxygens (including phenoxy) is 1. The number of aromatic nitrogens is 2. The van der Waals surface area contributed by atoms with Gasteiger partial charge in [0.15, 0.2) is 9.84 Å². The van der Waals surface area contributed by atoms with Crippen molar-refractivity contribution in [1.82, 2.24) is 14.9 Å². The van der Waals surface area contributed by atoms with Gasteiger partial charge in [-0.05, 0) is 30.2 Å². The zero-order valence-corrected chi connectivity index (χ0v) is 17.3. The monoisotopic (exact) mass is 425 g/mol. The van der Waals surface area contributed by atoms with Crippen LogP contribution >= 0.6 is 0 Å². The molecule has 2 aromatic heterocycles. The molecule has 0 radical (unpaired) electrons. The maximum Gasteiger partial charge on any atom is 0.270 e. The molecule has 7 nitrogen and oxygen atoms in total. The zero-order chi connectivity index (χ0) is 20.8. The van der Waals surface area contributed by atoms with E-state index in [0.717, 1.165) is 16.5 Å². The Morgan fingerprint density at radius 1 is 1.23 bits per heavy atom. The molecule has 1 N–H and O–H groups in total. The third-order valence-corrected chi connectivity index (χ3v) is 8.98. The second-order valence-corrected chi connectivity index (χ2v) is 10.6. The van der Waals surface area contributed by atoms with Crippen molar-refractivity contribution < 1.29 is 17.9 Å². The average Bonchev–Trinajstić information content (AvgIpc) is 3.26. The Kier molecular flexibility index (Phi) is 4.63. The number of pyridine rings is 1. The molecule has 0 aliphatic carbocycles. The van der Waals surface area contributed by atoms with Gasteiger partial charge in [-0.2, -0.15) is 0 Å². The number of fused-ring (bicyclic) bond motifs is 1. The summed E-state index contributed by atoms with van der Waals surface area (Å²) in [5.41, 5.74) is 2.34. The Balaban J connectivity index is 1.27. The number of benzene rings is 1. The van der Waals surface area contributed by atoms with Gasteiger partial charge in [-0.15, -0.1) is 0 Å². The molecule has 5 rings (SSSR count). The van der Waals surface area contributed by atoms with E-state index in [1.54, 1.807) is 17.3 Å². The van der Waals surface area contributed by atoms with Crippen molar-refractivity contribution in [3.63, 3.8) is 0 Å². The summed E-state index contributed by atoms with van der Waals surface area (Å²) < 4.78 is 30.6. The summed E-state index contributed by atoms with van der Waals surface area (Å²) in [5.74, 6) is -0.109. The molecule has 1 atom stereocenters. The van der Waals surface area contributed by atoms with Gasteiger partial charge in [-0.3, -0.25) is 9.78 Å². The minimum atomic E-state index is -3.26. The lowest BCUT2D eigenvalue weighted by atomic mass is 9.83. The smallest absolute Gasteiger partial charge is 0.270 e. The molecular weight excluding hydrogens is 402 g/mol. The number of nitrogens with one attached hydrogen (secondary N) is 1. The van der Waals surface area contributed by atoms with Crippen molar-refractivity contribution in [2.75, 3.05) is 25.4 Å². The Labute approximate surface area is 175 Å². The first-order valence-corrected chi connectivity index (χ1v) is 11.7. The molecule has 8 heteroatoms. The number of carbonyl (C=O) groups excluding carboxylic acids is 1. The number of rotatable bonds is 5. The Morgan fingerprint density at radius 3 is 2.83 bits per heavy atom. The Bertz CT molecular complexity index is 1150. The number of carbonyl (C=O) groups is 1. The van der Waals surface area contributed by atoms with Gasteiger partial charge in [0.2, 0.25) is 0 Å². The highest BCUT2D eigenvalue weighted by molar-refractivity contribution is 7.93. The minimum Gasteiger partial charge on any atom is -0.376 e. The molecular formula is C22H23N3O4S. The van der Waals surface area contributed by atoms with E-state index in [9.17, 15) is 13.2 Å². The molecule has 0 saturated carbocycles. The fraction of sp³-hybridized carbons (Fsp3) is 0.364. The van der Waals surface area contributed by atoms with Crippen LogP contribution < -0.4 is 0 Å². The Morgan fingerprint density at radius 2 is 2.07 bits per heavy atom. The number of H-pyrrole nitrogens is 1. The molecule has 2 aliphatic rings. The van der Waals surface area contributed by atoms with Gasteiger partial charge < -0.3 is 14.6 Å². The summed E-state index contributed by atoms with van der Waals surface area (Å²) in [4.78, 5) is 21.7. The highest BCUT2D eigenvalue weighted by atomic mass is 32.2. The van der Waals surface area contributed by atoms with E-state index < -0.39 is 14.6 Å². The zero-order valence-electron chi connectivity index (χ0n) is 16.5. The van der Waals surface area contributed by atoms with Crippen molar-refractivity contribution in [2.45, 2.75) is 17.8 Å². The number of hydrogen-bond donors (Lipinski definition) is 1. The van der Waals surface area contributed by atoms with Crippen LogP contribution in [0.2, 0.25) is 0 Å². The molecule has 156 valence electrons. The molecule has 1 spiro atoms. The molecule has 2 saturated heterocycles. The highest BCUT2D eigenvalue weighted by Crippen LogP contribution is 2.45. The minimum absolute atomic E-state index is 0.106. The highest BCUT2D eigenvalue weighted by Gasteiger charge is 2.62. The van der Waals surface area contributed by atoms with Crippen LogP contribution in [0.25, 0.3) is 10.9 Å². The predicted octanol–water partition coefficient (Wildman–Crippen LogP) is 2.41. The first-order valence-electron chi connectivity index (χ1n) is 10.0. The van der Waals surface area contributed by atoms with Crippen molar-refractivity contribution in [1.29, 1.82) is 0 Å². The molecule has 1 unspecified atom stereocenters. The molecule has 2 fully saturated rings. The fourth-order valence-corrected chi connectivity index (χ4v) is 7.01. The summed E-state index contributed by atoms with van der Waals surface area (Å²) in [5, 5.41) is 0.964. The second kappa shape index (κ2) is 7.21. The number of nitrogens with zero attached hydrogens (tertiary/aromatic N) is 2. The SMILES string of the molecule is O=C(c1cc2ccccc2[nH]1)N1CC2(C1)C(COCc1cccnc1)CCS2(=O)=O. The lowest BCUT2D eigenvalue weighted by molar-refractivity contribution is 0.0207. The van der Waals surface area contributed by atoms with Crippen LogP contribution in [-0.4, -0.2) is 59.4 Å². The average molecular weight is 426 g/mol. The van der Waals surface area contributed by atoms with Crippen LogP contribution in [0.3, 0.4) is 0 Å². The van der Waals surface area contributed by atoms with Gasteiger partial charge in [-0.1, -0.05) is 24.3 Å². The van der Waals surface area contributed by atoms with Crippen LogP contribution in [0, 0.1) is 5.92 Å². The number of likely N-dealkylation sites (tertiary alicyclic amines) is 1. The predicted molar refractivity (Wildman–Crippen MR) is 113 cm³/mol. The number of aromatic amines is 1. The summed E-state index contributed by atoms with van der Waals surface area (Å²) in [6, 6.07) is 13.3. The fourth-order valence-electron chi connectivity index (χ4n) is 4.61. The number of sulfone groups is 1. The van der Waals surface area contributed by atoms with E-state index >= 15 is 0 Å². The van der Waals surface area contributed by atoms with Crippen LogP contribution in [0.4, 0.5) is 0 Å². The first-order chi connectivity index (χ1) is 14.5. The number of hydrogen-bond acceptors (Lipinski definition) is 5. The number of para-hydroxylation sites is 1. The topological polar surface area (TPSA) is 92.4 Å². The van der Waals surface area contributed by atoms with Gasteiger partial charge in [0, 0.05) is 42.3 Å². The van der Waals surface area contributed by atoms with E-state index in [0.29, 0.717) is 25.3 Å². The summed E-state index contributed by atoms with van der Waals surface area (Å²) in [6.45, 7) is 1.22. The van der Waals surface area contributed by atoms with Gasteiger partial charge in [-0.25, -0.2) is 8.42 Å². The summed E-state index contributed by atoms with van der Waals surface area (Å²) in [6.07, 6.45) is 4.02. The van der Waals surface area contributed by atoms with Gasteiger partial charge in [0.1, 0.15) is 10.4 Å². The van der Waals surface area contributed by atoms with Crippen LogP contribution in [0.5, 0.6) is 0 Å². The van der Waals surface area contributed by atoms with Gasteiger partial charge >= 0.3 is 0 Å². The Hall–Kier alpha value is -2.71. The standard InChI is InChI=1S/C22H23N3O4S/c26-21(20-10-17-5-1-2-6-19(17)24-20)25-14-22(15-25)18(7-9-30(22,27)28)13-29-12-16-4-3-8-23-11-16/h1-6,8,10-11,18,24H,7,9,12-15H2. The van der Waals surface area contributed by atoms with E-state index in [1.165, 1.54) is 0 Å². The molecule has 1 aromatic carbocycles. The van der Waals surface area contributed by atoms with Gasteiger partial charge in [0.05, 0.1) is 19.0 Å². The largest absolute Gasteiger partial charge is 0.376 e. The van der Waals surface area contributed by atoms with Crippen LogP contribution in [-0.2, 0) is 21.2 Å². The molecule has 0 bridgehead atoms. The summed E-state index contributed by atoms with van der Waals surface area (Å²) >= 11 is 0. The van der Waals surface area contributed by atoms with Crippen LogP contribution in [0.1, 0.15) is 22.5 Å². The van der Waals surface area contributed by atoms with E-state index in [1.807, 2.05) is 42.5 Å². The number of amides is 1. The quantitative estimate of drug-likeness (QED) is 0.678. The maximum atomic E-state index is 12.9. The van der Waals surface area contributed by atoms with E-state index in [2.05, 4.69) is 9.97 Å². The molecule has 2 aliphatic heterocycles. The normalized spacial score (nSPS) is 21.7. The molecule has 4 heterocycles. The lowest BCUT2D eigenvalue weighted by Gasteiger charge is -2.49. The lowest BCUT2D eigenvalue weighted by Crippen LogP contribution is -2.68. The molecule has 30 heavy (non-hydrogen) atoms.